The number of urea groups is 1. The number of amides is 2. The zero-order valence-electron chi connectivity index (χ0n) is 16.8. The number of carbonyl (C=O) groups excluding carboxylic acids is 1. The second-order valence-electron chi connectivity index (χ2n) is 7.24. The first-order chi connectivity index (χ1) is 14.7. The van der Waals surface area contributed by atoms with E-state index in [0.717, 1.165) is 12.1 Å². The molecule has 4 rings (SSSR count). The molecule has 2 aromatic heterocycles. The van der Waals surface area contributed by atoms with E-state index in [2.05, 4.69) is 15.3 Å². The Morgan fingerprint density at radius 2 is 2.00 bits per heavy atom. The number of hydrogen-bond acceptors (Lipinski definition) is 4. The number of aromatic nitrogens is 2. The topological polar surface area (TPSA) is 67.3 Å². The molecule has 9 heteroatoms. The summed E-state index contributed by atoms with van der Waals surface area (Å²) in [5.74, 6) is 1.00. The number of carbonyl (C=O) groups is 1. The predicted molar refractivity (Wildman–Crippen MR) is 109 cm³/mol. The minimum Gasteiger partial charge on any atom is -0.437 e. The third-order valence-electron chi connectivity index (χ3n) is 4.98. The van der Waals surface area contributed by atoms with Gasteiger partial charge in [-0.25, -0.2) is 4.79 Å². The van der Waals surface area contributed by atoms with E-state index in [1.165, 1.54) is 11.0 Å². The van der Waals surface area contributed by atoms with Gasteiger partial charge in [0.2, 0.25) is 5.88 Å². The van der Waals surface area contributed by atoms with Crippen LogP contribution in [0, 0.1) is 6.92 Å². The van der Waals surface area contributed by atoms with Crippen molar-refractivity contribution >= 4 is 17.5 Å². The first-order valence-corrected chi connectivity index (χ1v) is 9.59. The summed E-state index contributed by atoms with van der Waals surface area (Å²) in [6.45, 7) is 3.58. The SMILES string of the molecule is Cc1ncccc1Oc1cccc(NC(=O)N2c3cc(C(F)(F)F)ccc3CC2C)n1. The fourth-order valence-corrected chi connectivity index (χ4v) is 3.49. The summed E-state index contributed by atoms with van der Waals surface area (Å²) >= 11 is 0. The number of halogens is 3. The number of aryl methyl sites for hydroxylation is 1. The van der Waals surface area contributed by atoms with Crippen LogP contribution in [-0.2, 0) is 12.6 Å². The Bertz CT molecular complexity index is 1130. The van der Waals surface area contributed by atoms with Gasteiger partial charge in [-0.05, 0) is 56.2 Å². The maximum Gasteiger partial charge on any atom is 0.416 e. The Kier molecular flexibility index (Phi) is 5.26. The summed E-state index contributed by atoms with van der Waals surface area (Å²) in [7, 11) is 0. The fourth-order valence-electron chi connectivity index (χ4n) is 3.49. The molecule has 0 bridgehead atoms. The molecule has 1 aliphatic heterocycles. The second-order valence-corrected chi connectivity index (χ2v) is 7.24. The molecule has 0 fully saturated rings. The van der Waals surface area contributed by atoms with Crippen LogP contribution in [0.25, 0.3) is 0 Å². The van der Waals surface area contributed by atoms with Crippen molar-refractivity contribution in [3.63, 3.8) is 0 Å². The van der Waals surface area contributed by atoms with Crippen LogP contribution in [-0.4, -0.2) is 22.0 Å². The molecule has 1 N–H and O–H groups in total. The minimum atomic E-state index is -4.49. The minimum absolute atomic E-state index is 0.219. The van der Waals surface area contributed by atoms with Gasteiger partial charge in [0.1, 0.15) is 5.82 Å². The maximum atomic E-state index is 13.1. The van der Waals surface area contributed by atoms with Crippen LogP contribution < -0.4 is 15.0 Å². The quantitative estimate of drug-likeness (QED) is 0.592. The van der Waals surface area contributed by atoms with E-state index in [1.54, 1.807) is 50.4 Å². The van der Waals surface area contributed by atoms with Gasteiger partial charge < -0.3 is 4.74 Å². The predicted octanol–water partition coefficient (Wildman–Crippen LogP) is 5.58. The molecule has 6 nitrogen and oxygen atoms in total. The van der Waals surface area contributed by atoms with E-state index < -0.39 is 17.8 Å². The zero-order chi connectivity index (χ0) is 22.2. The molecule has 1 unspecified atom stereocenters. The smallest absolute Gasteiger partial charge is 0.416 e. The van der Waals surface area contributed by atoms with E-state index >= 15 is 0 Å². The molecular formula is C22H19F3N4O2. The highest BCUT2D eigenvalue weighted by Gasteiger charge is 2.36. The van der Waals surface area contributed by atoms with Crippen molar-refractivity contribution in [2.75, 3.05) is 10.2 Å². The summed E-state index contributed by atoms with van der Waals surface area (Å²) in [5, 5.41) is 2.65. The third-order valence-corrected chi connectivity index (χ3v) is 4.98. The lowest BCUT2D eigenvalue weighted by Crippen LogP contribution is -2.39. The van der Waals surface area contributed by atoms with Crippen LogP contribution in [0.15, 0.2) is 54.7 Å². The molecule has 0 saturated heterocycles. The number of fused-ring (bicyclic) bond motifs is 1. The summed E-state index contributed by atoms with van der Waals surface area (Å²) in [5.41, 5.74) is 0.825. The number of rotatable bonds is 3. The van der Waals surface area contributed by atoms with E-state index in [1.807, 2.05) is 0 Å². The number of nitrogens with one attached hydrogen (secondary N) is 1. The van der Waals surface area contributed by atoms with Gasteiger partial charge >= 0.3 is 12.2 Å². The molecular weight excluding hydrogens is 409 g/mol. The van der Waals surface area contributed by atoms with Crippen LogP contribution in [0.2, 0.25) is 0 Å². The Morgan fingerprint density at radius 3 is 2.74 bits per heavy atom. The lowest BCUT2D eigenvalue weighted by atomic mass is 10.1. The molecule has 0 aliphatic carbocycles. The van der Waals surface area contributed by atoms with Gasteiger partial charge in [0.05, 0.1) is 11.3 Å². The fraction of sp³-hybridized carbons (Fsp3) is 0.227. The lowest BCUT2D eigenvalue weighted by Gasteiger charge is -2.23. The van der Waals surface area contributed by atoms with Gasteiger partial charge in [-0.3, -0.25) is 15.2 Å². The molecule has 0 saturated carbocycles. The molecule has 3 aromatic rings. The van der Waals surface area contributed by atoms with Crippen molar-refractivity contribution in [3.8, 4) is 11.6 Å². The average molecular weight is 428 g/mol. The Balaban J connectivity index is 1.55. The highest BCUT2D eigenvalue weighted by molar-refractivity contribution is 6.03. The van der Waals surface area contributed by atoms with E-state index in [0.29, 0.717) is 23.4 Å². The molecule has 2 amide bonds. The molecule has 160 valence electrons. The standard InChI is InChI=1S/C22H19F3N4O2/c1-13-11-15-8-9-16(22(23,24)25)12-17(15)29(13)21(30)28-19-6-3-7-20(27-19)31-18-5-4-10-26-14(18)2/h3-10,12-13H,11H2,1-2H3,(H,27,28,30). The van der Waals surface area contributed by atoms with Gasteiger partial charge in [0.15, 0.2) is 5.75 Å². The number of alkyl halides is 3. The summed E-state index contributed by atoms with van der Waals surface area (Å²) < 4.78 is 45.1. The lowest BCUT2D eigenvalue weighted by molar-refractivity contribution is -0.137. The number of hydrogen-bond donors (Lipinski definition) is 1. The van der Waals surface area contributed by atoms with Crippen LogP contribution in [0.1, 0.15) is 23.7 Å². The average Bonchev–Trinajstić information content (AvgIpc) is 3.04. The summed E-state index contributed by atoms with van der Waals surface area (Å²) in [6.07, 6.45) is -2.37. The molecule has 0 radical (unpaired) electrons. The first kappa shape index (κ1) is 20.6. The van der Waals surface area contributed by atoms with Gasteiger partial charge in [-0.1, -0.05) is 12.1 Å². The van der Waals surface area contributed by atoms with Crippen molar-refractivity contribution in [1.82, 2.24) is 9.97 Å². The number of benzene rings is 1. The van der Waals surface area contributed by atoms with E-state index in [4.69, 9.17) is 4.74 Å². The van der Waals surface area contributed by atoms with Gasteiger partial charge in [0.25, 0.3) is 0 Å². The van der Waals surface area contributed by atoms with Crippen molar-refractivity contribution < 1.29 is 22.7 Å². The number of nitrogens with zero attached hydrogens (tertiary/aromatic N) is 3. The van der Waals surface area contributed by atoms with Crippen LogP contribution in [0.5, 0.6) is 11.6 Å². The molecule has 1 aromatic carbocycles. The van der Waals surface area contributed by atoms with Crippen molar-refractivity contribution in [2.24, 2.45) is 0 Å². The van der Waals surface area contributed by atoms with Crippen LogP contribution in [0.3, 0.4) is 0 Å². The molecule has 1 atom stereocenters. The Morgan fingerprint density at radius 1 is 1.19 bits per heavy atom. The van der Waals surface area contributed by atoms with Gasteiger partial charge in [-0.15, -0.1) is 0 Å². The Labute approximate surface area is 176 Å². The van der Waals surface area contributed by atoms with Crippen LogP contribution in [0.4, 0.5) is 29.5 Å². The third kappa shape index (κ3) is 4.30. The van der Waals surface area contributed by atoms with E-state index in [-0.39, 0.29) is 23.4 Å². The molecule has 31 heavy (non-hydrogen) atoms. The highest BCUT2D eigenvalue weighted by Crippen LogP contribution is 2.38. The first-order valence-electron chi connectivity index (χ1n) is 9.59. The Hall–Kier alpha value is -3.62. The van der Waals surface area contributed by atoms with Crippen molar-refractivity contribution in [1.29, 1.82) is 0 Å². The molecule has 1 aliphatic rings. The largest absolute Gasteiger partial charge is 0.437 e. The monoisotopic (exact) mass is 428 g/mol. The number of anilines is 2. The molecule has 0 spiro atoms. The van der Waals surface area contributed by atoms with Crippen molar-refractivity contribution in [2.45, 2.75) is 32.5 Å². The van der Waals surface area contributed by atoms with Crippen molar-refractivity contribution in [3.05, 3.63) is 71.5 Å². The normalized spacial score (nSPS) is 15.5. The summed E-state index contributed by atoms with van der Waals surface area (Å²) in [6, 6.07) is 11.0. The number of pyridine rings is 2. The van der Waals surface area contributed by atoms with E-state index in [9.17, 15) is 18.0 Å². The summed E-state index contributed by atoms with van der Waals surface area (Å²) in [4.78, 5) is 22.7. The highest BCUT2D eigenvalue weighted by atomic mass is 19.4. The van der Waals surface area contributed by atoms with Gasteiger partial charge in [0, 0.05) is 24.0 Å². The van der Waals surface area contributed by atoms with Gasteiger partial charge in [-0.2, -0.15) is 18.2 Å². The number of ether oxygens (including phenoxy) is 1. The second kappa shape index (κ2) is 7.90. The maximum absolute atomic E-state index is 13.1. The molecule has 3 heterocycles. The van der Waals surface area contributed by atoms with Crippen LogP contribution >= 0.6 is 0 Å². The zero-order valence-corrected chi connectivity index (χ0v) is 16.8.